The minimum atomic E-state index is -3.79. The molecule has 0 spiro atoms. The number of hydrogen-bond acceptors (Lipinski definition) is 3. The third kappa shape index (κ3) is 4.61. The van der Waals surface area contributed by atoms with Crippen LogP contribution in [0.25, 0.3) is 0 Å². The molecule has 0 atom stereocenters. The molecule has 0 heterocycles. The Morgan fingerprint density at radius 1 is 1.20 bits per heavy atom. The van der Waals surface area contributed by atoms with Crippen LogP contribution in [0.15, 0.2) is 51.8 Å². The van der Waals surface area contributed by atoms with E-state index in [1.54, 1.807) is 24.3 Å². The van der Waals surface area contributed by atoms with Gasteiger partial charge in [0.2, 0.25) is 0 Å². The number of aryl methyl sites for hydroxylation is 1. The van der Waals surface area contributed by atoms with E-state index < -0.39 is 10.0 Å². The van der Waals surface area contributed by atoms with Gasteiger partial charge < -0.3 is 5.32 Å². The standard InChI is InChI=1S/C18H19BrN2O3S/c1-12-5-8-16(19)17(9-12)21-25(23,24)15-4-2-3-14(10-15)18(22)20-11-13-6-7-13/h2-5,8-10,13,21H,6-7,11H2,1H3,(H,20,22). The van der Waals surface area contributed by atoms with Gasteiger partial charge >= 0.3 is 0 Å². The molecule has 25 heavy (non-hydrogen) atoms. The van der Waals surface area contributed by atoms with Gasteiger partial charge in [-0.25, -0.2) is 8.42 Å². The normalized spacial score (nSPS) is 14.2. The molecule has 1 aliphatic rings. The summed E-state index contributed by atoms with van der Waals surface area (Å²) >= 11 is 3.34. The number of sulfonamides is 1. The fourth-order valence-electron chi connectivity index (χ4n) is 2.39. The van der Waals surface area contributed by atoms with Crippen molar-refractivity contribution in [1.82, 2.24) is 5.32 Å². The maximum Gasteiger partial charge on any atom is 0.261 e. The highest BCUT2D eigenvalue weighted by Gasteiger charge is 2.22. The van der Waals surface area contributed by atoms with Crippen molar-refractivity contribution in [3.8, 4) is 0 Å². The first-order valence-electron chi connectivity index (χ1n) is 8.02. The number of rotatable bonds is 6. The molecule has 0 aliphatic heterocycles. The van der Waals surface area contributed by atoms with Gasteiger partial charge in [-0.3, -0.25) is 9.52 Å². The van der Waals surface area contributed by atoms with Gasteiger partial charge in [-0.05, 0) is 77.5 Å². The molecule has 0 unspecified atom stereocenters. The molecule has 1 amide bonds. The van der Waals surface area contributed by atoms with Crippen molar-refractivity contribution in [1.29, 1.82) is 0 Å². The van der Waals surface area contributed by atoms with Crippen LogP contribution in [0.5, 0.6) is 0 Å². The number of nitrogens with one attached hydrogen (secondary N) is 2. The summed E-state index contributed by atoms with van der Waals surface area (Å²) in [6.07, 6.45) is 2.29. The summed E-state index contributed by atoms with van der Waals surface area (Å²) in [4.78, 5) is 12.2. The number of anilines is 1. The van der Waals surface area contributed by atoms with Gasteiger partial charge in [0, 0.05) is 16.6 Å². The smallest absolute Gasteiger partial charge is 0.261 e. The van der Waals surface area contributed by atoms with Crippen molar-refractivity contribution in [3.63, 3.8) is 0 Å². The van der Waals surface area contributed by atoms with E-state index in [1.807, 2.05) is 13.0 Å². The number of carbonyl (C=O) groups is 1. The van der Waals surface area contributed by atoms with E-state index in [9.17, 15) is 13.2 Å². The van der Waals surface area contributed by atoms with Crippen LogP contribution in [0.4, 0.5) is 5.69 Å². The van der Waals surface area contributed by atoms with Gasteiger partial charge in [-0.2, -0.15) is 0 Å². The van der Waals surface area contributed by atoms with E-state index in [2.05, 4.69) is 26.0 Å². The molecule has 1 fully saturated rings. The van der Waals surface area contributed by atoms with Crippen LogP contribution in [0, 0.1) is 12.8 Å². The van der Waals surface area contributed by atoms with Crippen molar-refractivity contribution in [2.24, 2.45) is 5.92 Å². The number of hydrogen-bond donors (Lipinski definition) is 2. The van der Waals surface area contributed by atoms with Crippen molar-refractivity contribution in [2.45, 2.75) is 24.7 Å². The van der Waals surface area contributed by atoms with Gasteiger partial charge in [0.15, 0.2) is 0 Å². The summed E-state index contributed by atoms with van der Waals surface area (Å²) in [6, 6.07) is 11.5. The second-order valence-corrected chi connectivity index (χ2v) is 8.81. The van der Waals surface area contributed by atoms with Gasteiger partial charge in [-0.15, -0.1) is 0 Å². The molecule has 2 aromatic rings. The average molecular weight is 423 g/mol. The monoisotopic (exact) mass is 422 g/mol. The van der Waals surface area contributed by atoms with E-state index in [1.165, 1.54) is 12.1 Å². The zero-order valence-corrected chi connectivity index (χ0v) is 16.2. The molecule has 7 heteroatoms. The van der Waals surface area contributed by atoms with Crippen molar-refractivity contribution in [3.05, 3.63) is 58.1 Å². The third-order valence-corrected chi connectivity index (χ3v) is 6.08. The lowest BCUT2D eigenvalue weighted by molar-refractivity contribution is 0.0951. The minimum absolute atomic E-state index is 0.0555. The maximum atomic E-state index is 12.7. The lowest BCUT2D eigenvalue weighted by Gasteiger charge is -2.11. The lowest BCUT2D eigenvalue weighted by atomic mass is 10.2. The first-order valence-corrected chi connectivity index (χ1v) is 10.3. The SMILES string of the molecule is Cc1ccc(Br)c(NS(=O)(=O)c2cccc(C(=O)NCC3CC3)c2)c1. The van der Waals surface area contributed by atoms with Crippen molar-refractivity contribution < 1.29 is 13.2 Å². The van der Waals surface area contributed by atoms with E-state index >= 15 is 0 Å². The molecule has 3 rings (SSSR count). The highest BCUT2D eigenvalue weighted by Crippen LogP contribution is 2.28. The van der Waals surface area contributed by atoms with Crippen LogP contribution < -0.4 is 10.0 Å². The number of carbonyl (C=O) groups excluding carboxylic acids is 1. The molecule has 2 N–H and O–H groups in total. The summed E-state index contributed by atoms with van der Waals surface area (Å²) < 4.78 is 28.5. The van der Waals surface area contributed by atoms with Crippen LogP contribution in [-0.4, -0.2) is 20.9 Å². The lowest BCUT2D eigenvalue weighted by Crippen LogP contribution is -2.25. The molecule has 0 radical (unpaired) electrons. The first kappa shape index (κ1) is 17.9. The van der Waals surface area contributed by atoms with Crippen molar-refractivity contribution in [2.75, 3.05) is 11.3 Å². The second kappa shape index (κ2) is 7.17. The highest BCUT2D eigenvalue weighted by atomic mass is 79.9. The van der Waals surface area contributed by atoms with E-state index in [0.717, 1.165) is 18.4 Å². The second-order valence-electron chi connectivity index (χ2n) is 6.27. The summed E-state index contributed by atoms with van der Waals surface area (Å²) in [6.45, 7) is 2.53. The van der Waals surface area contributed by atoms with Crippen LogP contribution in [0.3, 0.4) is 0 Å². The molecule has 1 saturated carbocycles. The Morgan fingerprint density at radius 2 is 1.96 bits per heavy atom. The number of benzene rings is 2. The van der Waals surface area contributed by atoms with Gasteiger partial charge in [0.25, 0.3) is 15.9 Å². The summed E-state index contributed by atoms with van der Waals surface area (Å²) in [5.74, 6) is 0.317. The maximum absolute atomic E-state index is 12.7. The predicted octanol–water partition coefficient (Wildman–Crippen LogP) is 3.70. The molecule has 0 saturated heterocycles. The van der Waals surface area contributed by atoms with Crippen LogP contribution >= 0.6 is 15.9 Å². The van der Waals surface area contributed by atoms with Crippen LogP contribution in [-0.2, 0) is 10.0 Å². The summed E-state index contributed by atoms with van der Waals surface area (Å²) in [5.41, 5.74) is 1.74. The number of amides is 1. The molecule has 1 aliphatic carbocycles. The molecular weight excluding hydrogens is 404 g/mol. The Kier molecular flexibility index (Phi) is 5.15. The number of halogens is 1. The largest absolute Gasteiger partial charge is 0.352 e. The fraction of sp³-hybridized carbons (Fsp3) is 0.278. The zero-order chi connectivity index (χ0) is 18.0. The minimum Gasteiger partial charge on any atom is -0.352 e. The van der Waals surface area contributed by atoms with Gasteiger partial charge in [-0.1, -0.05) is 12.1 Å². The highest BCUT2D eigenvalue weighted by molar-refractivity contribution is 9.10. The van der Waals surface area contributed by atoms with Gasteiger partial charge in [0.1, 0.15) is 0 Å². The van der Waals surface area contributed by atoms with Gasteiger partial charge in [0.05, 0.1) is 10.6 Å². The quantitative estimate of drug-likeness (QED) is 0.744. The zero-order valence-electron chi connectivity index (χ0n) is 13.8. The fourth-order valence-corrected chi connectivity index (χ4v) is 3.98. The Labute approximate surface area is 156 Å². The van der Waals surface area contributed by atoms with Crippen molar-refractivity contribution >= 4 is 37.5 Å². The van der Waals surface area contributed by atoms with E-state index in [0.29, 0.717) is 28.2 Å². The predicted molar refractivity (Wildman–Crippen MR) is 101 cm³/mol. The molecule has 0 bridgehead atoms. The van der Waals surface area contributed by atoms with Crippen LogP contribution in [0.2, 0.25) is 0 Å². The Balaban J connectivity index is 1.80. The topological polar surface area (TPSA) is 75.3 Å². The Bertz CT molecular complexity index is 908. The summed E-state index contributed by atoms with van der Waals surface area (Å²) in [7, 11) is -3.79. The molecular formula is C18H19BrN2O3S. The molecule has 2 aromatic carbocycles. The third-order valence-electron chi connectivity index (χ3n) is 4.02. The molecule has 132 valence electrons. The summed E-state index contributed by atoms with van der Waals surface area (Å²) in [5, 5.41) is 2.84. The average Bonchev–Trinajstić information content (AvgIpc) is 3.40. The Hall–Kier alpha value is -1.86. The van der Waals surface area contributed by atoms with E-state index in [4.69, 9.17) is 0 Å². The molecule has 0 aromatic heterocycles. The molecule has 5 nitrogen and oxygen atoms in total. The Morgan fingerprint density at radius 3 is 2.68 bits per heavy atom. The van der Waals surface area contributed by atoms with E-state index in [-0.39, 0.29) is 10.8 Å². The first-order chi connectivity index (χ1) is 11.8. The van der Waals surface area contributed by atoms with Crippen LogP contribution in [0.1, 0.15) is 28.8 Å².